The average Bonchev–Trinajstić information content (AvgIpc) is 2.10. The van der Waals surface area contributed by atoms with Crippen molar-refractivity contribution in [1.29, 1.82) is 0 Å². The number of ether oxygens (including phenoxy) is 2. The molecule has 1 atom stereocenters. The van der Waals surface area contributed by atoms with Crippen molar-refractivity contribution in [3.8, 4) is 0 Å². The first-order chi connectivity index (χ1) is 6.76. The predicted octanol–water partition coefficient (Wildman–Crippen LogP) is 1.45. The third-order valence-corrected chi connectivity index (χ3v) is 1.98. The summed E-state index contributed by atoms with van der Waals surface area (Å²) in [4.78, 5) is 21.6. The number of carbonyl (C=O) groups excluding carboxylic acids is 2. The van der Waals surface area contributed by atoms with Crippen molar-refractivity contribution in [3.05, 3.63) is 0 Å². The standard InChI is InChI=1S/C9H16BrNO4/c1-9(2,3)15-8(13)11-5-6(10)7(12)14-4/h6H,5H2,1-4H3,(H,11,13). The number of amides is 1. The van der Waals surface area contributed by atoms with Crippen LogP contribution in [0.25, 0.3) is 0 Å². The molecule has 0 radical (unpaired) electrons. The highest BCUT2D eigenvalue weighted by molar-refractivity contribution is 9.10. The molecule has 0 aromatic carbocycles. The summed E-state index contributed by atoms with van der Waals surface area (Å²) in [6.45, 7) is 5.41. The molecule has 0 saturated carbocycles. The molecule has 0 aromatic heterocycles. The fraction of sp³-hybridized carbons (Fsp3) is 0.778. The molecular formula is C9H16BrNO4. The van der Waals surface area contributed by atoms with Gasteiger partial charge in [0.25, 0.3) is 0 Å². The van der Waals surface area contributed by atoms with E-state index in [0.29, 0.717) is 0 Å². The second kappa shape index (κ2) is 5.95. The zero-order valence-corrected chi connectivity index (χ0v) is 10.9. The highest BCUT2D eigenvalue weighted by Gasteiger charge is 2.19. The summed E-state index contributed by atoms with van der Waals surface area (Å²) >= 11 is 3.07. The third-order valence-electron chi connectivity index (χ3n) is 1.28. The number of halogens is 1. The minimum absolute atomic E-state index is 0.127. The number of alkyl carbamates (subject to hydrolysis) is 1. The van der Waals surface area contributed by atoms with Gasteiger partial charge in [0.05, 0.1) is 7.11 Å². The monoisotopic (exact) mass is 281 g/mol. The van der Waals surface area contributed by atoms with E-state index in [4.69, 9.17) is 4.74 Å². The molecule has 0 aliphatic carbocycles. The Morgan fingerprint density at radius 2 is 1.93 bits per heavy atom. The van der Waals surface area contributed by atoms with Gasteiger partial charge >= 0.3 is 12.1 Å². The van der Waals surface area contributed by atoms with Crippen LogP contribution >= 0.6 is 15.9 Å². The van der Waals surface area contributed by atoms with Gasteiger partial charge in [0.2, 0.25) is 0 Å². The number of nitrogens with one attached hydrogen (secondary N) is 1. The lowest BCUT2D eigenvalue weighted by atomic mass is 10.2. The molecule has 0 aliphatic heterocycles. The van der Waals surface area contributed by atoms with Crippen molar-refractivity contribution in [2.75, 3.05) is 13.7 Å². The van der Waals surface area contributed by atoms with Crippen LogP contribution in [0, 0.1) is 0 Å². The summed E-state index contributed by atoms with van der Waals surface area (Å²) in [5, 5.41) is 2.45. The number of esters is 1. The maximum atomic E-state index is 11.2. The molecule has 88 valence electrons. The van der Waals surface area contributed by atoms with Gasteiger partial charge < -0.3 is 14.8 Å². The Kier molecular flexibility index (Phi) is 5.64. The highest BCUT2D eigenvalue weighted by atomic mass is 79.9. The minimum Gasteiger partial charge on any atom is -0.468 e. The van der Waals surface area contributed by atoms with E-state index >= 15 is 0 Å². The average molecular weight is 282 g/mol. The topological polar surface area (TPSA) is 64.6 Å². The van der Waals surface area contributed by atoms with E-state index in [-0.39, 0.29) is 6.54 Å². The van der Waals surface area contributed by atoms with Crippen LogP contribution in [0.5, 0.6) is 0 Å². The van der Waals surface area contributed by atoms with Crippen LogP contribution in [0.15, 0.2) is 0 Å². The fourth-order valence-corrected chi connectivity index (χ4v) is 1.05. The maximum absolute atomic E-state index is 11.2. The highest BCUT2D eigenvalue weighted by Crippen LogP contribution is 2.07. The van der Waals surface area contributed by atoms with Gasteiger partial charge in [-0.1, -0.05) is 15.9 Å². The van der Waals surface area contributed by atoms with Crippen LogP contribution in [0.2, 0.25) is 0 Å². The van der Waals surface area contributed by atoms with Crippen LogP contribution in [-0.2, 0) is 14.3 Å². The Bertz CT molecular complexity index is 237. The summed E-state index contributed by atoms with van der Waals surface area (Å²) in [7, 11) is 1.28. The first-order valence-corrected chi connectivity index (χ1v) is 5.36. The van der Waals surface area contributed by atoms with Crippen LogP contribution in [0.3, 0.4) is 0 Å². The van der Waals surface area contributed by atoms with Crippen LogP contribution in [0.1, 0.15) is 20.8 Å². The van der Waals surface area contributed by atoms with Crippen molar-refractivity contribution >= 4 is 28.0 Å². The second-order valence-corrected chi connectivity index (χ2v) is 4.98. The van der Waals surface area contributed by atoms with Crippen molar-refractivity contribution in [1.82, 2.24) is 5.32 Å². The number of rotatable bonds is 3. The van der Waals surface area contributed by atoms with Crippen LogP contribution in [0.4, 0.5) is 4.79 Å². The van der Waals surface area contributed by atoms with Gasteiger partial charge in [0.15, 0.2) is 0 Å². The molecular weight excluding hydrogens is 266 g/mol. The lowest BCUT2D eigenvalue weighted by molar-refractivity contribution is -0.139. The Morgan fingerprint density at radius 3 is 2.33 bits per heavy atom. The quantitative estimate of drug-likeness (QED) is 0.628. The normalized spacial score (nSPS) is 12.9. The predicted molar refractivity (Wildman–Crippen MR) is 59.0 cm³/mol. The number of hydrogen-bond donors (Lipinski definition) is 1. The first-order valence-electron chi connectivity index (χ1n) is 4.45. The van der Waals surface area contributed by atoms with E-state index in [9.17, 15) is 9.59 Å². The van der Waals surface area contributed by atoms with Gasteiger partial charge in [-0.2, -0.15) is 0 Å². The van der Waals surface area contributed by atoms with Gasteiger partial charge in [0.1, 0.15) is 10.4 Å². The Hall–Kier alpha value is -0.780. The Balaban J connectivity index is 3.86. The Labute approximate surface area is 97.6 Å². The zero-order valence-electron chi connectivity index (χ0n) is 9.30. The summed E-state index contributed by atoms with van der Waals surface area (Å²) in [5.41, 5.74) is -0.544. The molecule has 0 saturated heterocycles. The molecule has 0 fully saturated rings. The van der Waals surface area contributed by atoms with E-state index in [2.05, 4.69) is 26.0 Å². The molecule has 0 heterocycles. The summed E-state index contributed by atoms with van der Waals surface area (Å²) in [6, 6.07) is 0. The summed E-state index contributed by atoms with van der Waals surface area (Å²) < 4.78 is 9.45. The molecule has 1 amide bonds. The first kappa shape index (κ1) is 14.2. The largest absolute Gasteiger partial charge is 0.468 e. The maximum Gasteiger partial charge on any atom is 0.407 e. The molecule has 0 rings (SSSR count). The van der Waals surface area contributed by atoms with Gasteiger partial charge in [-0.05, 0) is 20.8 Å². The SMILES string of the molecule is COC(=O)C(Br)CNC(=O)OC(C)(C)C. The van der Waals surface area contributed by atoms with E-state index in [0.717, 1.165) is 0 Å². The molecule has 15 heavy (non-hydrogen) atoms. The van der Waals surface area contributed by atoms with Crippen molar-refractivity contribution in [2.24, 2.45) is 0 Å². The molecule has 0 spiro atoms. The third kappa shape index (κ3) is 7.18. The summed E-state index contributed by atoms with van der Waals surface area (Å²) in [6.07, 6.45) is -0.559. The van der Waals surface area contributed by atoms with Gasteiger partial charge in [-0.25, -0.2) is 4.79 Å². The molecule has 1 unspecified atom stereocenters. The number of alkyl halides is 1. The van der Waals surface area contributed by atoms with E-state index in [1.165, 1.54) is 7.11 Å². The van der Waals surface area contributed by atoms with Gasteiger partial charge in [-0.3, -0.25) is 4.79 Å². The van der Waals surface area contributed by atoms with Gasteiger partial charge in [-0.15, -0.1) is 0 Å². The number of methoxy groups -OCH3 is 1. The molecule has 5 nitrogen and oxygen atoms in total. The van der Waals surface area contributed by atoms with E-state index in [1.54, 1.807) is 20.8 Å². The minimum atomic E-state index is -0.560. The lowest BCUT2D eigenvalue weighted by Gasteiger charge is -2.20. The van der Waals surface area contributed by atoms with E-state index < -0.39 is 22.5 Å². The molecule has 6 heteroatoms. The lowest BCUT2D eigenvalue weighted by Crippen LogP contribution is -2.37. The molecule has 1 N–H and O–H groups in total. The van der Waals surface area contributed by atoms with E-state index in [1.807, 2.05) is 0 Å². The van der Waals surface area contributed by atoms with Crippen LogP contribution in [-0.4, -0.2) is 36.1 Å². The fourth-order valence-electron chi connectivity index (χ4n) is 0.698. The van der Waals surface area contributed by atoms with Crippen molar-refractivity contribution in [2.45, 2.75) is 31.2 Å². The zero-order chi connectivity index (χ0) is 12.1. The van der Waals surface area contributed by atoms with Crippen LogP contribution < -0.4 is 5.32 Å². The van der Waals surface area contributed by atoms with Gasteiger partial charge in [0, 0.05) is 6.54 Å². The molecule has 0 aromatic rings. The summed E-state index contributed by atoms with van der Waals surface area (Å²) in [5.74, 6) is -0.439. The second-order valence-electron chi connectivity index (χ2n) is 3.87. The number of carbonyl (C=O) groups is 2. The Morgan fingerprint density at radius 1 is 1.40 bits per heavy atom. The molecule has 0 bridgehead atoms. The van der Waals surface area contributed by atoms with Crippen molar-refractivity contribution in [3.63, 3.8) is 0 Å². The molecule has 0 aliphatic rings. The van der Waals surface area contributed by atoms with Crippen molar-refractivity contribution < 1.29 is 19.1 Å². The smallest absolute Gasteiger partial charge is 0.407 e. The number of hydrogen-bond acceptors (Lipinski definition) is 4.